The van der Waals surface area contributed by atoms with Crippen molar-refractivity contribution in [3.8, 4) is 23.0 Å². The van der Waals surface area contributed by atoms with Gasteiger partial charge >= 0.3 is 0 Å². The largest absolute Gasteiger partial charge is 0.496 e. The first-order valence-electron chi connectivity index (χ1n) is 9.04. The quantitative estimate of drug-likeness (QED) is 0.231. The molecule has 0 spiro atoms. The van der Waals surface area contributed by atoms with Gasteiger partial charge in [-0.05, 0) is 19.1 Å². The predicted molar refractivity (Wildman–Crippen MR) is 126 cm³/mol. The first kappa shape index (κ1) is 24.7. The van der Waals surface area contributed by atoms with Gasteiger partial charge in [0.2, 0.25) is 0 Å². The number of benzene rings is 2. The molecule has 0 saturated heterocycles. The fourth-order valence-electron chi connectivity index (χ4n) is 2.62. The Morgan fingerprint density at radius 3 is 2.03 bits per heavy atom. The minimum Gasteiger partial charge on any atom is -0.496 e. The van der Waals surface area contributed by atoms with Gasteiger partial charge in [0.1, 0.15) is 29.6 Å². The maximum atomic E-state index is 5.72. The molecule has 0 aliphatic rings. The third kappa shape index (κ3) is 7.52. The molecule has 8 heteroatoms. The number of hydrogen-bond donors (Lipinski definition) is 2. The highest BCUT2D eigenvalue weighted by Gasteiger charge is 2.13. The number of nitrogens with zero attached hydrogens (tertiary/aromatic N) is 1. The number of rotatable bonds is 9. The highest BCUT2D eigenvalue weighted by molar-refractivity contribution is 14.0. The van der Waals surface area contributed by atoms with Crippen LogP contribution in [0.4, 0.5) is 0 Å². The van der Waals surface area contributed by atoms with Gasteiger partial charge in [0.25, 0.3) is 0 Å². The van der Waals surface area contributed by atoms with E-state index in [4.69, 9.17) is 18.9 Å². The van der Waals surface area contributed by atoms with Gasteiger partial charge in [-0.1, -0.05) is 17.7 Å². The molecule has 2 aromatic carbocycles. The van der Waals surface area contributed by atoms with Crippen LogP contribution >= 0.6 is 24.0 Å². The number of aliphatic imine (C=N–C) groups is 1. The molecule has 0 heterocycles. The Morgan fingerprint density at radius 2 is 1.52 bits per heavy atom. The molecule has 2 rings (SSSR count). The lowest BCUT2D eigenvalue weighted by atomic mass is 10.1. The highest BCUT2D eigenvalue weighted by atomic mass is 127. The predicted octanol–water partition coefficient (Wildman–Crippen LogP) is 3.38. The first-order valence-corrected chi connectivity index (χ1v) is 9.04. The molecule has 160 valence electrons. The van der Waals surface area contributed by atoms with Gasteiger partial charge < -0.3 is 29.6 Å². The topological polar surface area (TPSA) is 73.3 Å². The number of nitrogens with one attached hydrogen (secondary N) is 2. The van der Waals surface area contributed by atoms with Crippen LogP contribution in [0, 0.1) is 6.92 Å². The standard InChI is InChI=1S/C21H29N3O4.HI/c1-15-6-8-16(9-7-15)28-11-10-23-21(22-2)24-14-18-19(26-4)12-17(25-3)13-20(18)27-5;/h6-9,12-13H,10-11,14H2,1-5H3,(H2,22,23,24);1H. The average molecular weight is 515 g/mol. The number of aryl methyl sites for hydroxylation is 1. The van der Waals surface area contributed by atoms with E-state index in [1.165, 1.54) is 5.56 Å². The normalized spacial score (nSPS) is 10.6. The Bertz CT molecular complexity index is 757. The molecule has 0 amide bonds. The zero-order chi connectivity index (χ0) is 20.4. The van der Waals surface area contributed by atoms with Crippen LogP contribution in [0.3, 0.4) is 0 Å². The van der Waals surface area contributed by atoms with E-state index in [1.807, 2.05) is 43.3 Å². The SMILES string of the molecule is CN=C(NCCOc1ccc(C)cc1)NCc1c(OC)cc(OC)cc1OC.I. The fourth-order valence-corrected chi connectivity index (χ4v) is 2.62. The summed E-state index contributed by atoms with van der Waals surface area (Å²) in [6.45, 7) is 3.67. The van der Waals surface area contributed by atoms with Crippen LogP contribution in [-0.2, 0) is 6.54 Å². The molecule has 29 heavy (non-hydrogen) atoms. The van der Waals surface area contributed by atoms with Crippen molar-refractivity contribution >= 4 is 29.9 Å². The summed E-state index contributed by atoms with van der Waals surface area (Å²) in [4.78, 5) is 4.24. The molecule has 2 N–H and O–H groups in total. The summed E-state index contributed by atoms with van der Waals surface area (Å²) in [7, 11) is 6.57. The zero-order valence-corrected chi connectivity index (χ0v) is 19.9. The van der Waals surface area contributed by atoms with Crippen molar-refractivity contribution in [2.45, 2.75) is 13.5 Å². The lowest BCUT2D eigenvalue weighted by Crippen LogP contribution is -2.39. The molecule has 7 nitrogen and oxygen atoms in total. The van der Waals surface area contributed by atoms with Crippen LogP contribution in [0.15, 0.2) is 41.4 Å². The third-order valence-electron chi connectivity index (χ3n) is 4.16. The molecule has 2 aromatic rings. The van der Waals surface area contributed by atoms with Crippen LogP contribution in [0.25, 0.3) is 0 Å². The maximum absolute atomic E-state index is 5.72. The number of hydrogen-bond acceptors (Lipinski definition) is 5. The Hall–Kier alpha value is -2.36. The molecule has 0 aliphatic heterocycles. The lowest BCUT2D eigenvalue weighted by molar-refractivity contribution is 0.322. The van der Waals surface area contributed by atoms with Crippen molar-refractivity contribution in [3.05, 3.63) is 47.5 Å². The number of guanidine groups is 1. The monoisotopic (exact) mass is 515 g/mol. The zero-order valence-electron chi connectivity index (χ0n) is 17.6. The fraction of sp³-hybridized carbons (Fsp3) is 0.381. The maximum Gasteiger partial charge on any atom is 0.191 e. The van der Waals surface area contributed by atoms with Gasteiger partial charge in [-0.15, -0.1) is 24.0 Å². The molecule has 0 bridgehead atoms. The first-order chi connectivity index (χ1) is 13.6. The van der Waals surface area contributed by atoms with E-state index in [-0.39, 0.29) is 24.0 Å². The van der Waals surface area contributed by atoms with E-state index in [1.54, 1.807) is 28.4 Å². The molecule has 0 fully saturated rings. The van der Waals surface area contributed by atoms with Crippen LogP contribution in [0.1, 0.15) is 11.1 Å². The Kier molecular flexibility index (Phi) is 11.0. The van der Waals surface area contributed by atoms with Gasteiger partial charge in [0, 0.05) is 19.2 Å². The lowest BCUT2D eigenvalue weighted by Gasteiger charge is -2.17. The van der Waals surface area contributed by atoms with Crippen LogP contribution in [-0.4, -0.2) is 47.5 Å². The molecule has 0 aliphatic carbocycles. The van der Waals surface area contributed by atoms with Gasteiger partial charge in [0.15, 0.2) is 5.96 Å². The van der Waals surface area contributed by atoms with Crippen molar-refractivity contribution in [3.63, 3.8) is 0 Å². The van der Waals surface area contributed by atoms with E-state index >= 15 is 0 Å². The smallest absolute Gasteiger partial charge is 0.191 e. The number of halogens is 1. The van der Waals surface area contributed by atoms with Crippen molar-refractivity contribution in [2.24, 2.45) is 4.99 Å². The number of ether oxygens (including phenoxy) is 4. The van der Waals surface area contributed by atoms with E-state index in [2.05, 4.69) is 15.6 Å². The highest BCUT2D eigenvalue weighted by Crippen LogP contribution is 2.33. The molecule has 0 radical (unpaired) electrons. The van der Waals surface area contributed by atoms with Crippen LogP contribution < -0.4 is 29.6 Å². The van der Waals surface area contributed by atoms with E-state index in [0.717, 1.165) is 11.3 Å². The molecule has 0 aromatic heterocycles. The number of methoxy groups -OCH3 is 3. The Labute approximate surface area is 189 Å². The summed E-state index contributed by atoms with van der Waals surface area (Å²) in [6.07, 6.45) is 0. The second kappa shape index (κ2) is 13.0. The van der Waals surface area contributed by atoms with Crippen molar-refractivity contribution < 1.29 is 18.9 Å². The summed E-state index contributed by atoms with van der Waals surface area (Å²) in [5.74, 6) is 3.55. The van der Waals surface area contributed by atoms with Gasteiger partial charge in [-0.2, -0.15) is 0 Å². The van der Waals surface area contributed by atoms with Gasteiger partial charge in [-0.25, -0.2) is 0 Å². The van der Waals surface area contributed by atoms with Crippen molar-refractivity contribution in [1.29, 1.82) is 0 Å². The third-order valence-corrected chi connectivity index (χ3v) is 4.16. The summed E-state index contributed by atoms with van der Waals surface area (Å²) in [5, 5.41) is 6.49. The second-order valence-corrected chi connectivity index (χ2v) is 6.02. The van der Waals surface area contributed by atoms with Gasteiger partial charge in [-0.3, -0.25) is 4.99 Å². The van der Waals surface area contributed by atoms with Crippen molar-refractivity contribution in [2.75, 3.05) is 41.5 Å². The second-order valence-electron chi connectivity index (χ2n) is 6.02. The molecule has 0 unspecified atom stereocenters. The Balaban J connectivity index is 0.00000420. The minimum absolute atomic E-state index is 0. The van der Waals surface area contributed by atoms with Crippen molar-refractivity contribution in [1.82, 2.24) is 10.6 Å². The van der Waals surface area contributed by atoms with Gasteiger partial charge in [0.05, 0.1) is 40.0 Å². The molecule has 0 saturated carbocycles. The van der Waals surface area contributed by atoms with Crippen LogP contribution in [0.5, 0.6) is 23.0 Å². The summed E-state index contributed by atoms with van der Waals surface area (Å²) in [5.41, 5.74) is 2.09. The summed E-state index contributed by atoms with van der Waals surface area (Å²) in [6, 6.07) is 11.6. The Morgan fingerprint density at radius 1 is 0.897 bits per heavy atom. The molecular weight excluding hydrogens is 485 g/mol. The van der Waals surface area contributed by atoms with E-state index < -0.39 is 0 Å². The minimum atomic E-state index is 0. The van der Waals surface area contributed by atoms with Crippen LogP contribution in [0.2, 0.25) is 0 Å². The molecule has 0 atom stereocenters. The summed E-state index contributed by atoms with van der Waals surface area (Å²) < 4.78 is 21.9. The average Bonchev–Trinajstić information content (AvgIpc) is 2.73. The summed E-state index contributed by atoms with van der Waals surface area (Å²) >= 11 is 0. The van der Waals surface area contributed by atoms with E-state index in [9.17, 15) is 0 Å². The molecular formula is C21H30IN3O4. The van der Waals surface area contributed by atoms with E-state index in [0.29, 0.717) is 42.9 Å².